The summed E-state index contributed by atoms with van der Waals surface area (Å²) in [6.45, 7) is 4.67. The van der Waals surface area contributed by atoms with Crippen LogP contribution in [0.3, 0.4) is 0 Å². The normalized spacial score (nSPS) is 16.8. The molecule has 1 amide bonds. The summed E-state index contributed by atoms with van der Waals surface area (Å²) < 4.78 is 45.9. The van der Waals surface area contributed by atoms with Crippen molar-refractivity contribution in [3.8, 4) is 0 Å². The molecule has 8 heteroatoms. The summed E-state index contributed by atoms with van der Waals surface area (Å²) in [7, 11) is 1.47. The molecule has 0 atom stereocenters. The minimum Gasteiger partial charge on any atom is -0.491 e. The van der Waals surface area contributed by atoms with Gasteiger partial charge in [-0.2, -0.15) is 13.2 Å². The van der Waals surface area contributed by atoms with Crippen LogP contribution in [0.4, 0.5) is 13.2 Å². The maximum absolute atomic E-state index is 12.9. The van der Waals surface area contributed by atoms with E-state index in [2.05, 4.69) is 4.98 Å². The fourth-order valence-corrected chi connectivity index (χ4v) is 3.67. The van der Waals surface area contributed by atoms with E-state index < -0.39 is 11.7 Å². The van der Waals surface area contributed by atoms with E-state index in [9.17, 15) is 18.0 Å². The second-order valence-electron chi connectivity index (χ2n) is 6.61. The van der Waals surface area contributed by atoms with Crippen molar-refractivity contribution in [1.29, 1.82) is 0 Å². The molecule has 146 valence electrons. The summed E-state index contributed by atoms with van der Waals surface area (Å²) in [4.78, 5) is 18.4. The number of alkyl halides is 3. The van der Waals surface area contributed by atoms with Crippen molar-refractivity contribution in [3.63, 3.8) is 0 Å². The van der Waals surface area contributed by atoms with Gasteiger partial charge < -0.3 is 14.2 Å². The second-order valence-corrected chi connectivity index (χ2v) is 6.61. The summed E-state index contributed by atoms with van der Waals surface area (Å²) >= 11 is 0. The third-order valence-electron chi connectivity index (χ3n) is 5.00. The Morgan fingerprint density at radius 3 is 2.52 bits per heavy atom. The topological polar surface area (TPSA) is 47.4 Å². The van der Waals surface area contributed by atoms with E-state index in [4.69, 9.17) is 4.74 Å². The van der Waals surface area contributed by atoms with Crippen LogP contribution in [0.25, 0.3) is 11.0 Å². The predicted molar refractivity (Wildman–Crippen MR) is 95.1 cm³/mol. The molecule has 2 aromatic rings. The number of imidazole rings is 1. The lowest BCUT2D eigenvalue weighted by molar-refractivity contribution is -0.137. The quantitative estimate of drug-likeness (QED) is 0.595. The highest BCUT2D eigenvalue weighted by Crippen LogP contribution is 2.34. The van der Waals surface area contributed by atoms with Crippen LogP contribution in [0.2, 0.25) is 0 Å². The highest BCUT2D eigenvalue weighted by atomic mass is 19.4. The number of halogens is 3. The molecule has 1 saturated heterocycles. The fourth-order valence-electron chi connectivity index (χ4n) is 3.67. The Morgan fingerprint density at radius 2 is 1.96 bits per heavy atom. The van der Waals surface area contributed by atoms with Gasteiger partial charge in [0, 0.05) is 19.1 Å². The van der Waals surface area contributed by atoms with Crippen LogP contribution < -0.4 is 0 Å². The monoisotopic (exact) mass is 381 g/mol. The number of fused-ring (bicyclic) bond motifs is 1. The highest BCUT2D eigenvalue weighted by molar-refractivity contribution is 5.91. The number of ether oxygens (including phenoxy) is 1. The third-order valence-corrected chi connectivity index (χ3v) is 5.00. The molecule has 0 aliphatic carbocycles. The number of rotatable bonds is 3. The molecule has 0 bridgehead atoms. The van der Waals surface area contributed by atoms with Gasteiger partial charge in [0.2, 0.25) is 0 Å². The number of allylic oxidation sites excluding steroid dienone is 1. The maximum atomic E-state index is 12.9. The number of piperidine rings is 1. The minimum absolute atomic E-state index is 0.0902. The van der Waals surface area contributed by atoms with Gasteiger partial charge in [0.15, 0.2) is 5.76 Å². The first-order valence-corrected chi connectivity index (χ1v) is 8.81. The van der Waals surface area contributed by atoms with Crippen LogP contribution in [-0.4, -0.2) is 40.6 Å². The van der Waals surface area contributed by atoms with Crippen molar-refractivity contribution in [3.05, 3.63) is 41.4 Å². The van der Waals surface area contributed by atoms with Crippen LogP contribution in [-0.2, 0) is 15.7 Å². The smallest absolute Gasteiger partial charge is 0.416 e. The van der Waals surface area contributed by atoms with Gasteiger partial charge in [0.1, 0.15) is 5.82 Å². The van der Waals surface area contributed by atoms with Gasteiger partial charge in [-0.1, -0.05) is 0 Å². The number of hydrogen-bond acceptors (Lipinski definition) is 3. The lowest BCUT2D eigenvalue weighted by atomic mass is 10.0. The molecule has 0 spiro atoms. The molecule has 0 unspecified atom stereocenters. The summed E-state index contributed by atoms with van der Waals surface area (Å²) in [5, 5.41) is 0. The molecule has 5 nitrogen and oxygen atoms in total. The number of aromatic nitrogens is 2. The molecule has 1 aromatic carbocycles. The predicted octanol–water partition coefficient (Wildman–Crippen LogP) is 4.08. The summed E-state index contributed by atoms with van der Waals surface area (Å²) in [5.41, 5.74) is 0.339. The molecule has 2 heterocycles. The Kier molecular flexibility index (Phi) is 5.17. The van der Waals surface area contributed by atoms with Gasteiger partial charge in [0.25, 0.3) is 5.91 Å². The number of carbonyl (C=O) groups excluding carboxylic acids is 1. The Hall–Kier alpha value is -2.51. The number of carbonyl (C=O) groups is 1. The van der Waals surface area contributed by atoms with Crippen LogP contribution >= 0.6 is 0 Å². The largest absolute Gasteiger partial charge is 0.491 e. The Balaban J connectivity index is 1.81. The van der Waals surface area contributed by atoms with Crippen LogP contribution in [0.15, 0.2) is 30.0 Å². The first kappa shape index (κ1) is 19.3. The number of aryl methyl sites for hydroxylation is 1. The third kappa shape index (κ3) is 3.65. The molecular weight excluding hydrogens is 359 g/mol. The molecule has 1 fully saturated rings. The molecule has 0 N–H and O–H groups in total. The summed E-state index contributed by atoms with van der Waals surface area (Å²) in [6.07, 6.45) is -1.33. The summed E-state index contributed by atoms with van der Waals surface area (Å²) in [5.74, 6) is 0.859. The summed E-state index contributed by atoms with van der Waals surface area (Å²) in [6, 6.07) is 3.76. The van der Waals surface area contributed by atoms with Gasteiger partial charge >= 0.3 is 6.18 Å². The number of amides is 1. The van der Waals surface area contributed by atoms with Crippen molar-refractivity contribution < 1.29 is 22.7 Å². The number of methoxy groups -OCH3 is 1. The first-order valence-electron chi connectivity index (χ1n) is 8.81. The minimum atomic E-state index is -4.39. The van der Waals surface area contributed by atoms with Crippen molar-refractivity contribution in [2.45, 2.75) is 38.9 Å². The van der Waals surface area contributed by atoms with Gasteiger partial charge in [0.05, 0.1) is 23.7 Å². The molecule has 0 radical (unpaired) electrons. The van der Waals surface area contributed by atoms with Crippen molar-refractivity contribution in [1.82, 2.24) is 14.5 Å². The lowest BCUT2D eigenvalue weighted by Gasteiger charge is -2.33. The number of hydrogen-bond donors (Lipinski definition) is 0. The Bertz CT molecular complexity index is 878. The Labute approximate surface area is 155 Å². The second kappa shape index (κ2) is 7.25. The average Bonchev–Trinajstić information content (AvgIpc) is 2.97. The molecule has 1 aliphatic rings. The van der Waals surface area contributed by atoms with Crippen molar-refractivity contribution in [2.24, 2.45) is 0 Å². The van der Waals surface area contributed by atoms with Gasteiger partial charge in [-0.3, -0.25) is 4.79 Å². The van der Waals surface area contributed by atoms with Crippen LogP contribution in [0.5, 0.6) is 0 Å². The molecule has 3 rings (SSSR count). The van der Waals surface area contributed by atoms with E-state index in [-0.39, 0.29) is 11.9 Å². The zero-order valence-corrected chi connectivity index (χ0v) is 15.5. The van der Waals surface area contributed by atoms with Gasteiger partial charge in [-0.15, -0.1) is 0 Å². The van der Waals surface area contributed by atoms with Crippen LogP contribution in [0, 0.1) is 6.92 Å². The zero-order chi connectivity index (χ0) is 19.8. The highest BCUT2D eigenvalue weighted by Gasteiger charge is 2.32. The van der Waals surface area contributed by atoms with E-state index in [1.54, 1.807) is 24.8 Å². The van der Waals surface area contributed by atoms with Crippen molar-refractivity contribution >= 4 is 16.9 Å². The number of likely N-dealkylation sites (tertiary alicyclic amines) is 1. The molecule has 27 heavy (non-hydrogen) atoms. The maximum Gasteiger partial charge on any atom is 0.416 e. The SMILES string of the molecule is C/C=C(/OC)C(=O)N1CCC(n2c(C)nc3cc(C(F)(F)F)ccc32)CC1. The van der Waals surface area contributed by atoms with E-state index in [1.807, 2.05) is 4.57 Å². The number of benzene rings is 1. The van der Waals surface area contributed by atoms with Gasteiger partial charge in [-0.25, -0.2) is 4.98 Å². The zero-order valence-electron chi connectivity index (χ0n) is 15.5. The molecular formula is C19H22F3N3O2. The van der Waals surface area contributed by atoms with E-state index in [0.717, 1.165) is 12.1 Å². The lowest BCUT2D eigenvalue weighted by Crippen LogP contribution is -2.40. The molecule has 1 aromatic heterocycles. The van der Waals surface area contributed by atoms with Crippen molar-refractivity contribution in [2.75, 3.05) is 20.2 Å². The van der Waals surface area contributed by atoms with Gasteiger partial charge in [-0.05, 0) is 51.0 Å². The molecule has 1 aliphatic heterocycles. The van der Waals surface area contributed by atoms with E-state index in [0.29, 0.717) is 48.5 Å². The van der Waals surface area contributed by atoms with E-state index >= 15 is 0 Å². The van der Waals surface area contributed by atoms with E-state index in [1.165, 1.54) is 13.2 Å². The average molecular weight is 381 g/mol. The first-order chi connectivity index (χ1) is 12.8. The molecule has 0 saturated carbocycles. The number of nitrogens with zero attached hydrogens (tertiary/aromatic N) is 3. The Morgan fingerprint density at radius 1 is 1.30 bits per heavy atom. The standard InChI is InChI=1S/C19H22F3N3O2/c1-4-17(27-3)18(26)24-9-7-14(8-10-24)25-12(2)23-15-11-13(19(20,21)22)5-6-16(15)25/h4-6,11,14H,7-10H2,1-3H3/b17-4+. The fraction of sp³-hybridized carbons (Fsp3) is 0.474. The van der Waals surface area contributed by atoms with Crippen LogP contribution in [0.1, 0.15) is 37.2 Å².